The molecule has 1 aliphatic heterocycles. The third kappa shape index (κ3) is 3.70. The van der Waals surface area contributed by atoms with Gasteiger partial charge < -0.3 is 5.32 Å². The number of allylic oxidation sites excluding steroid dienone is 2. The van der Waals surface area contributed by atoms with Crippen LogP contribution in [0.1, 0.15) is 29.5 Å². The molecule has 0 fully saturated rings. The van der Waals surface area contributed by atoms with Crippen molar-refractivity contribution >= 4 is 21.4 Å². The zero-order valence-corrected chi connectivity index (χ0v) is 17.2. The molecular weight excluding hydrogens is 418 g/mol. The highest BCUT2D eigenvalue weighted by Crippen LogP contribution is 2.50. The molecule has 0 unspecified atom stereocenters. The summed E-state index contributed by atoms with van der Waals surface area (Å²) >= 11 is 0. The molecule has 3 atom stereocenters. The minimum atomic E-state index is -3.82. The Bertz CT molecular complexity index is 1260. The zero-order valence-electron chi connectivity index (χ0n) is 16.4. The maximum absolute atomic E-state index is 13.4. The van der Waals surface area contributed by atoms with Gasteiger partial charge in [-0.3, -0.25) is 4.72 Å². The van der Waals surface area contributed by atoms with Crippen molar-refractivity contribution < 1.29 is 17.2 Å². The fraction of sp³-hybridized carbons (Fsp3) is 0.167. The van der Waals surface area contributed by atoms with E-state index in [0.717, 1.165) is 23.2 Å². The van der Waals surface area contributed by atoms with E-state index in [1.165, 1.54) is 36.4 Å². The fourth-order valence-electron chi connectivity index (χ4n) is 4.47. The number of benzene rings is 3. The van der Waals surface area contributed by atoms with Crippen LogP contribution in [0.15, 0.2) is 83.8 Å². The Kier molecular flexibility index (Phi) is 4.78. The van der Waals surface area contributed by atoms with Crippen LogP contribution in [0.25, 0.3) is 0 Å². The van der Waals surface area contributed by atoms with Crippen molar-refractivity contribution in [2.45, 2.75) is 23.3 Å². The monoisotopic (exact) mass is 438 g/mol. The maximum Gasteiger partial charge on any atom is 0.261 e. The van der Waals surface area contributed by atoms with Gasteiger partial charge in [-0.05, 0) is 78.1 Å². The maximum atomic E-state index is 13.4. The molecule has 5 rings (SSSR count). The summed E-state index contributed by atoms with van der Waals surface area (Å²) in [5, 5.41) is 3.52. The lowest BCUT2D eigenvalue weighted by atomic mass is 9.77. The van der Waals surface area contributed by atoms with Gasteiger partial charge in [-0.2, -0.15) is 0 Å². The number of anilines is 2. The second-order valence-electron chi connectivity index (χ2n) is 7.89. The molecule has 3 aromatic rings. The van der Waals surface area contributed by atoms with E-state index in [2.05, 4.69) is 22.2 Å². The molecule has 31 heavy (non-hydrogen) atoms. The van der Waals surface area contributed by atoms with Gasteiger partial charge in [-0.1, -0.05) is 24.3 Å². The molecule has 0 bridgehead atoms. The van der Waals surface area contributed by atoms with Gasteiger partial charge in [-0.15, -0.1) is 0 Å². The zero-order chi connectivity index (χ0) is 21.6. The second-order valence-corrected chi connectivity index (χ2v) is 9.57. The minimum absolute atomic E-state index is 0.00731. The molecule has 158 valence electrons. The van der Waals surface area contributed by atoms with Crippen LogP contribution < -0.4 is 10.0 Å². The van der Waals surface area contributed by atoms with Crippen LogP contribution in [0.4, 0.5) is 20.2 Å². The molecule has 2 aliphatic rings. The van der Waals surface area contributed by atoms with Crippen LogP contribution in [0.2, 0.25) is 0 Å². The average molecular weight is 438 g/mol. The summed E-state index contributed by atoms with van der Waals surface area (Å²) in [6.07, 6.45) is 5.08. The molecule has 1 heterocycles. The van der Waals surface area contributed by atoms with Gasteiger partial charge in [0.1, 0.15) is 11.6 Å². The Morgan fingerprint density at radius 1 is 0.903 bits per heavy atom. The number of sulfonamides is 1. The lowest BCUT2D eigenvalue weighted by Gasteiger charge is -2.37. The van der Waals surface area contributed by atoms with Crippen LogP contribution in [0.3, 0.4) is 0 Å². The van der Waals surface area contributed by atoms with E-state index in [0.29, 0.717) is 5.69 Å². The highest BCUT2D eigenvalue weighted by Gasteiger charge is 2.38. The smallest absolute Gasteiger partial charge is 0.261 e. The summed E-state index contributed by atoms with van der Waals surface area (Å²) < 4.78 is 54.8. The van der Waals surface area contributed by atoms with E-state index in [1.54, 1.807) is 30.3 Å². The first-order valence-electron chi connectivity index (χ1n) is 10.0. The SMILES string of the molecule is O=S(=O)(Nc1ccc(F)cc1)c1ccc2c(c1)[C@H]1C=CC[C@H]1[C@@H](c1ccc(F)cc1)N2. The summed E-state index contributed by atoms with van der Waals surface area (Å²) in [5.74, 6) is -0.435. The Morgan fingerprint density at radius 2 is 1.58 bits per heavy atom. The van der Waals surface area contributed by atoms with Gasteiger partial charge in [0.15, 0.2) is 0 Å². The van der Waals surface area contributed by atoms with E-state index in [4.69, 9.17) is 0 Å². The molecular formula is C24H20F2N2O2S. The normalized spacial score (nSPS) is 21.8. The summed E-state index contributed by atoms with van der Waals surface area (Å²) in [6.45, 7) is 0. The molecule has 4 nitrogen and oxygen atoms in total. The number of fused-ring (bicyclic) bond motifs is 3. The largest absolute Gasteiger partial charge is 0.378 e. The number of halogens is 2. The number of nitrogens with one attached hydrogen (secondary N) is 2. The minimum Gasteiger partial charge on any atom is -0.378 e. The summed E-state index contributed by atoms with van der Waals surface area (Å²) in [7, 11) is -3.82. The number of hydrogen-bond donors (Lipinski definition) is 2. The second kappa shape index (κ2) is 7.50. The van der Waals surface area contributed by atoms with Crippen molar-refractivity contribution in [1.29, 1.82) is 0 Å². The number of hydrogen-bond acceptors (Lipinski definition) is 3. The molecule has 0 saturated heterocycles. The Morgan fingerprint density at radius 3 is 2.29 bits per heavy atom. The van der Waals surface area contributed by atoms with E-state index in [9.17, 15) is 17.2 Å². The molecule has 0 saturated carbocycles. The molecule has 7 heteroatoms. The third-order valence-electron chi connectivity index (χ3n) is 5.97. The van der Waals surface area contributed by atoms with Crippen molar-refractivity contribution in [3.63, 3.8) is 0 Å². The quantitative estimate of drug-likeness (QED) is 0.522. The van der Waals surface area contributed by atoms with Crippen molar-refractivity contribution in [3.05, 3.63) is 102 Å². The van der Waals surface area contributed by atoms with E-state index in [-0.39, 0.29) is 28.6 Å². The van der Waals surface area contributed by atoms with Gasteiger partial charge in [0.2, 0.25) is 0 Å². The fourth-order valence-corrected chi connectivity index (χ4v) is 5.57. The molecule has 0 amide bonds. The van der Waals surface area contributed by atoms with Gasteiger partial charge in [0.25, 0.3) is 10.0 Å². The molecule has 1 aliphatic carbocycles. The van der Waals surface area contributed by atoms with Crippen LogP contribution in [0.5, 0.6) is 0 Å². The van der Waals surface area contributed by atoms with Gasteiger partial charge in [-0.25, -0.2) is 17.2 Å². The first-order chi connectivity index (χ1) is 14.9. The van der Waals surface area contributed by atoms with Gasteiger partial charge in [0.05, 0.1) is 10.9 Å². The lowest BCUT2D eigenvalue weighted by molar-refractivity contribution is 0.424. The Hall–Kier alpha value is -3.19. The Balaban J connectivity index is 1.48. The summed E-state index contributed by atoms with van der Waals surface area (Å²) in [5.41, 5.74) is 3.08. The van der Waals surface area contributed by atoms with Crippen molar-refractivity contribution in [2.24, 2.45) is 5.92 Å². The predicted molar refractivity (Wildman–Crippen MR) is 116 cm³/mol. The first-order valence-corrected chi connectivity index (χ1v) is 11.5. The average Bonchev–Trinajstić information content (AvgIpc) is 3.25. The number of rotatable bonds is 4. The van der Waals surface area contributed by atoms with Crippen LogP contribution in [0, 0.1) is 17.6 Å². The standard InChI is InChI=1S/C24H20F2N2O2S/c25-16-6-4-15(5-7-16)24-21-3-1-2-20(21)22-14-19(12-13-23(22)27-24)31(29,30)28-18-10-8-17(26)9-11-18/h1-2,4-14,20-21,24,27-28H,3H2/t20-,21+,24+/m0/s1. The molecule has 3 aromatic carbocycles. The molecule has 0 aromatic heterocycles. The molecule has 2 N–H and O–H groups in total. The van der Waals surface area contributed by atoms with Crippen molar-refractivity contribution in [3.8, 4) is 0 Å². The topological polar surface area (TPSA) is 58.2 Å². The van der Waals surface area contributed by atoms with Crippen LogP contribution >= 0.6 is 0 Å². The van der Waals surface area contributed by atoms with Crippen molar-refractivity contribution in [2.75, 3.05) is 10.0 Å². The predicted octanol–water partition coefficient (Wildman–Crippen LogP) is 5.59. The van der Waals surface area contributed by atoms with Gasteiger partial charge >= 0.3 is 0 Å². The molecule has 0 spiro atoms. The van der Waals surface area contributed by atoms with Crippen molar-refractivity contribution in [1.82, 2.24) is 0 Å². The highest BCUT2D eigenvalue weighted by molar-refractivity contribution is 7.92. The molecule has 0 radical (unpaired) electrons. The third-order valence-corrected chi connectivity index (χ3v) is 7.35. The van der Waals surface area contributed by atoms with E-state index < -0.39 is 15.8 Å². The summed E-state index contributed by atoms with van der Waals surface area (Å²) in [6, 6.07) is 16.7. The van der Waals surface area contributed by atoms with Gasteiger partial charge in [0, 0.05) is 17.3 Å². The highest BCUT2D eigenvalue weighted by atomic mass is 32.2. The Labute approximate surface area is 179 Å². The first kappa shape index (κ1) is 19.8. The van der Waals surface area contributed by atoms with E-state index >= 15 is 0 Å². The van der Waals surface area contributed by atoms with Crippen LogP contribution in [-0.4, -0.2) is 8.42 Å². The summed E-state index contributed by atoms with van der Waals surface area (Å²) in [4.78, 5) is 0.150. The van der Waals surface area contributed by atoms with E-state index in [1.807, 2.05) is 0 Å². The lowest BCUT2D eigenvalue weighted by Crippen LogP contribution is -2.29. The van der Waals surface area contributed by atoms with Crippen LogP contribution in [-0.2, 0) is 10.0 Å².